The number of carbonyl (C=O) groups excluding carboxylic acids is 4. The number of carbonyl (C=O) groups is 4. The van der Waals surface area contributed by atoms with Crippen molar-refractivity contribution in [3.8, 4) is 0 Å². The zero-order chi connectivity index (χ0) is 25.8. The highest BCUT2D eigenvalue weighted by Crippen LogP contribution is 2.11. The molecule has 3 N–H and O–H groups in total. The molecule has 192 valence electrons. The van der Waals surface area contributed by atoms with Gasteiger partial charge in [-0.2, -0.15) is 0 Å². The summed E-state index contributed by atoms with van der Waals surface area (Å²) < 4.78 is 15.2. The number of rotatable bonds is 11. The van der Waals surface area contributed by atoms with Crippen molar-refractivity contribution in [1.29, 1.82) is 0 Å². The Morgan fingerprint density at radius 1 is 0.788 bits per heavy atom. The van der Waals surface area contributed by atoms with E-state index in [0.717, 1.165) is 0 Å². The molecule has 10 heteroatoms. The van der Waals surface area contributed by atoms with Crippen molar-refractivity contribution < 1.29 is 33.4 Å². The Kier molecular flexibility index (Phi) is 12.8. The molecule has 0 saturated carbocycles. The Morgan fingerprint density at radius 2 is 1.27 bits per heavy atom. The van der Waals surface area contributed by atoms with Crippen LogP contribution in [0.25, 0.3) is 0 Å². The van der Waals surface area contributed by atoms with Gasteiger partial charge in [-0.25, -0.2) is 14.4 Å². The molecule has 0 fully saturated rings. The molecule has 0 unspecified atom stereocenters. The summed E-state index contributed by atoms with van der Waals surface area (Å²) in [5.74, 6) is -0.676. The normalized spacial score (nSPS) is 13.5. The first-order valence-electron chi connectivity index (χ1n) is 11.4. The van der Waals surface area contributed by atoms with Crippen LogP contribution in [0, 0.1) is 5.92 Å². The number of esters is 1. The maximum atomic E-state index is 12.6. The Balaban J connectivity index is 4.65. The summed E-state index contributed by atoms with van der Waals surface area (Å²) in [7, 11) is 1.25. The van der Waals surface area contributed by atoms with E-state index in [1.165, 1.54) is 7.11 Å². The first-order chi connectivity index (χ1) is 15.0. The Bertz CT molecular complexity index is 651. The minimum atomic E-state index is -0.844. The van der Waals surface area contributed by atoms with E-state index >= 15 is 0 Å². The van der Waals surface area contributed by atoms with Crippen LogP contribution in [0.3, 0.4) is 0 Å². The van der Waals surface area contributed by atoms with E-state index in [0.29, 0.717) is 32.2 Å². The van der Waals surface area contributed by atoms with Crippen LogP contribution in [-0.4, -0.2) is 61.0 Å². The summed E-state index contributed by atoms with van der Waals surface area (Å²) in [6.07, 6.45) is 0.566. The van der Waals surface area contributed by atoms with Crippen molar-refractivity contribution in [2.75, 3.05) is 13.7 Å². The van der Waals surface area contributed by atoms with Crippen LogP contribution < -0.4 is 16.0 Å². The van der Waals surface area contributed by atoms with Crippen LogP contribution in [-0.2, 0) is 23.8 Å². The van der Waals surface area contributed by atoms with Crippen molar-refractivity contribution in [2.45, 2.75) is 104 Å². The SMILES string of the molecule is COC(=O)[C@H](CCCCNC(=O)[C@H](CC(C)C)NC(=O)OC(C)(C)C)NC(=O)OC(C)(C)C. The lowest BCUT2D eigenvalue weighted by atomic mass is 10.0. The van der Waals surface area contributed by atoms with Crippen LogP contribution in [0.2, 0.25) is 0 Å². The summed E-state index contributed by atoms with van der Waals surface area (Å²) in [6.45, 7) is 14.7. The number of hydrogen-bond donors (Lipinski definition) is 3. The first kappa shape index (κ1) is 30.5. The molecule has 2 atom stereocenters. The van der Waals surface area contributed by atoms with E-state index < -0.39 is 41.4 Å². The number of ether oxygens (including phenoxy) is 3. The number of nitrogens with one attached hydrogen (secondary N) is 3. The van der Waals surface area contributed by atoms with Gasteiger partial charge in [-0.05, 0) is 73.1 Å². The van der Waals surface area contributed by atoms with Crippen LogP contribution in [0.15, 0.2) is 0 Å². The lowest BCUT2D eigenvalue weighted by Crippen LogP contribution is -2.49. The van der Waals surface area contributed by atoms with Gasteiger partial charge in [0.25, 0.3) is 0 Å². The smallest absolute Gasteiger partial charge is 0.408 e. The number of unbranched alkanes of at least 4 members (excludes halogenated alkanes) is 1. The summed E-state index contributed by atoms with van der Waals surface area (Å²) in [4.78, 5) is 48.6. The van der Waals surface area contributed by atoms with Gasteiger partial charge in [0.1, 0.15) is 23.3 Å². The van der Waals surface area contributed by atoms with E-state index in [2.05, 4.69) is 16.0 Å². The highest BCUT2D eigenvalue weighted by Gasteiger charge is 2.26. The molecule has 0 aromatic rings. The minimum Gasteiger partial charge on any atom is -0.467 e. The van der Waals surface area contributed by atoms with Gasteiger partial charge in [0.2, 0.25) is 5.91 Å². The lowest BCUT2D eigenvalue weighted by molar-refractivity contribution is -0.143. The predicted molar refractivity (Wildman–Crippen MR) is 125 cm³/mol. The second-order valence-electron chi connectivity index (χ2n) is 10.3. The molecule has 0 aliphatic rings. The van der Waals surface area contributed by atoms with Gasteiger partial charge in [0, 0.05) is 6.54 Å². The van der Waals surface area contributed by atoms with Gasteiger partial charge >= 0.3 is 18.2 Å². The molecule has 0 radical (unpaired) electrons. The zero-order valence-electron chi connectivity index (χ0n) is 21.6. The van der Waals surface area contributed by atoms with Crippen LogP contribution >= 0.6 is 0 Å². The molecule has 0 heterocycles. The van der Waals surface area contributed by atoms with E-state index in [1.807, 2.05) is 13.8 Å². The van der Waals surface area contributed by atoms with E-state index in [9.17, 15) is 19.2 Å². The minimum absolute atomic E-state index is 0.190. The van der Waals surface area contributed by atoms with E-state index in [1.54, 1.807) is 41.5 Å². The van der Waals surface area contributed by atoms with Crippen LogP contribution in [0.4, 0.5) is 9.59 Å². The van der Waals surface area contributed by atoms with Crippen molar-refractivity contribution in [3.05, 3.63) is 0 Å². The quantitative estimate of drug-likeness (QED) is 0.238. The number of hydrogen-bond acceptors (Lipinski definition) is 7. The highest BCUT2D eigenvalue weighted by molar-refractivity contribution is 5.85. The summed E-state index contributed by atoms with van der Waals surface area (Å²) in [5, 5.41) is 7.96. The van der Waals surface area contributed by atoms with Crippen LogP contribution in [0.1, 0.15) is 81.1 Å². The number of methoxy groups -OCH3 is 1. The van der Waals surface area contributed by atoms with Crippen molar-refractivity contribution >= 4 is 24.1 Å². The Morgan fingerprint density at radius 3 is 1.70 bits per heavy atom. The third-order valence-corrected chi connectivity index (χ3v) is 4.11. The van der Waals surface area contributed by atoms with Gasteiger partial charge in [0.15, 0.2) is 0 Å². The third kappa shape index (κ3) is 15.8. The first-order valence-corrected chi connectivity index (χ1v) is 11.4. The fourth-order valence-corrected chi connectivity index (χ4v) is 2.80. The topological polar surface area (TPSA) is 132 Å². The highest BCUT2D eigenvalue weighted by atomic mass is 16.6. The molecule has 0 aromatic carbocycles. The van der Waals surface area contributed by atoms with Gasteiger partial charge in [0.05, 0.1) is 7.11 Å². The second kappa shape index (κ2) is 13.9. The standard InChI is InChI=1S/C23H43N3O7/c1-15(2)14-17(26-21(30)33-23(6,7)8)18(27)24-13-11-10-12-16(19(28)31-9)25-20(29)32-22(3,4)5/h15-17H,10-14H2,1-9H3,(H,24,27)(H,25,29)(H,26,30)/t16-,17-/m0/s1. The molecule has 0 rings (SSSR count). The molecule has 0 aliphatic heterocycles. The van der Waals surface area contributed by atoms with E-state index in [4.69, 9.17) is 14.2 Å². The van der Waals surface area contributed by atoms with Gasteiger partial charge < -0.3 is 30.2 Å². The molecule has 10 nitrogen and oxygen atoms in total. The average molecular weight is 474 g/mol. The van der Waals surface area contributed by atoms with Crippen molar-refractivity contribution in [3.63, 3.8) is 0 Å². The molecular weight excluding hydrogens is 430 g/mol. The molecule has 33 heavy (non-hydrogen) atoms. The third-order valence-electron chi connectivity index (χ3n) is 4.11. The van der Waals surface area contributed by atoms with Crippen molar-refractivity contribution in [2.24, 2.45) is 5.92 Å². The molecule has 0 aromatic heterocycles. The summed E-state index contributed by atoms with van der Waals surface area (Å²) in [5.41, 5.74) is -1.35. The largest absolute Gasteiger partial charge is 0.467 e. The van der Waals surface area contributed by atoms with E-state index in [-0.39, 0.29) is 11.8 Å². The van der Waals surface area contributed by atoms with Gasteiger partial charge in [-0.1, -0.05) is 13.8 Å². The van der Waals surface area contributed by atoms with Gasteiger partial charge in [-0.15, -0.1) is 0 Å². The lowest BCUT2D eigenvalue weighted by Gasteiger charge is -2.24. The fraction of sp³-hybridized carbons (Fsp3) is 0.826. The zero-order valence-corrected chi connectivity index (χ0v) is 21.6. The monoisotopic (exact) mass is 473 g/mol. The Hall–Kier alpha value is -2.52. The van der Waals surface area contributed by atoms with Crippen molar-refractivity contribution in [1.82, 2.24) is 16.0 Å². The number of amides is 3. The van der Waals surface area contributed by atoms with Gasteiger partial charge in [-0.3, -0.25) is 4.79 Å². The maximum Gasteiger partial charge on any atom is 0.408 e. The predicted octanol–water partition coefficient (Wildman–Crippen LogP) is 3.28. The molecule has 0 spiro atoms. The molecule has 0 aliphatic carbocycles. The molecule has 0 bridgehead atoms. The van der Waals surface area contributed by atoms with Crippen LogP contribution in [0.5, 0.6) is 0 Å². The second-order valence-corrected chi connectivity index (χ2v) is 10.3. The maximum absolute atomic E-state index is 12.6. The Labute approximate surface area is 197 Å². The molecule has 3 amide bonds. The fourth-order valence-electron chi connectivity index (χ4n) is 2.80. The number of alkyl carbamates (subject to hydrolysis) is 2. The average Bonchev–Trinajstić information content (AvgIpc) is 2.61. The molecular formula is C23H43N3O7. The summed E-state index contributed by atoms with van der Waals surface area (Å²) in [6, 6.07) is -1.56. The molecule has 0 saturated heterocycles. The summed E-state index contributed by atoms with van der Waals surface area (Å²) >= 11 is 0.